The molecule has 1 aliphatic rings. The van der Waals surface area contributed by atoms with Gasteiger partial charge < -0.3 is 18.9 Å². The Hall–Kier alpha value is -3.77. The third-order valence-electron chi connectivity index (χ3n) is 4.98. The molecule has 3 aromatic rings. The van der Waals surface area contributed by atoms with Gasteiger partial charge in [0.2, 0.25) is 5.78 Å². The van der Waals surface area contributed by atoms with Crippen LogP contribution in [0, 0.1) is 6.92 Å². The van der Waals surface area contributed by atoms with E-state index in [0.29, 0.717) is 39.0 Å². The Morgan fingerprint density at radius 2 is 1.78 bits per heavy atom. The second-order valence-electron chi connectivity index (χ2n) is 7.03. The summed E-state index contributed by atoms with van der Waals surface area (Å²) >= 11 is 6.07. The number of allylic oxidation sites excluding steroid dienone is 1. The molecule has 6 nitrogen and oxygen atoms in total. The number of ether oxygens (including phenoxy) is 4. The number of halogens is 1. The minimum Gasteiger partial charge on any atom is -0.497 e. The number of methoxy groups -OCH3 is 2. The molecule has 0 atom stereocenters. The van der Waals surface area contributed by atoms with Crippen molar-refractivity contribution < 1.29 is 28.5 Å². The predicted molar refractivity (Wildman–Crippen MR) is 120 cm³/mol. The van der Waals surface area contributed by atoms with Gasteiger partial charge in [0.15, 0.2) is 5.76 Å². The molecule has 4 rings (SSSR count). The molecule has 7 heteroatoms. The number of carbonyl (C=O) groups is 2. The van der Waals surface area contributed by atoms with Crippen molar-refractivity contribution in [2.24, 2.45) is 0 Å². The van der Waals surface area contributed by atoms with E-state index in [1.807, 2.05) is 0 Å². The molecule has 0 N–H and O–H groups in total. The molecule has 0 amide bonds. The molecular formula is C25H19ClO6. The normalized spacial score (nSPS) is 13.5. The van der Waals surface area contributed by atoms with Crippen LogP contribution in [0.3, 0.4) is 0 Å². The van der Waals surface area contributed by atoms with Crippen molar-refractivity contribution in [1.29, 1.82) is 0 Å². The Kier molecular flexibility index (Phi) is 5.88. The standard InChI is InChI=1S/C25H19ClO6/c1-14-10-17(31-25(28)18-6-4-5-7-19(18)26)13-21-23(14)24(27)22(32-21)11-15-8-9-16(29-2)12-20(15)30-3/h4-13H,1-3H3/b22-11-. The van der Waals surface area contributed by atoms with E-state index in [4.69, 9.17) is 30.5 Å². The molecule has 0 aromatic heterocycles. The highest BCUT2D eigenvalue weighted by atomic mass is 35.5. The van der Waals surface area contributed by atoms with Crippen LogP contribution in [0.1, 0.15) is 31.8 Å². The first-order valence-electron chi connectivity index (χ1n) is 9.69. The van der Waals surface area contributed by atoms with E-state index in [1.165, 1.54) is 13.2 Å². The molecule has 0 radical (unpaired) electrons. The minimum atomic E-state index is -0.599. The summed E-state index contributed by atoms with van der Waals surface area (Å²) in [6.45, 7) is 1.75. The van der Waals surface area contributed by atoms with E-state index >= 15 is 0 Å². The van der Waals surface area contributed by atoms with Gasteiger partial charge in [-0.3, -0.25) is 4.79 Å². The maximum absolute atomic E-state index is 13.0. The Bertz CT molecular complexity index is 1260. The van der Waals surface area contributed by atoms with Crippen molar-refractivity contribution in [3.63, 3.8) is 0 Å². The number of fused-ring (bicyclic) bond motifs is 1. The Morgan fingerprint density at radius 1 is 1.00 bits per heavy atom. The summed E-state index contributed by atoms with van der Waals surface area (Å²) < 4.78 is 21.9. The highest BCUT2D eigenvalue weighted by Gasteiger charge is 2.30. The largest absolute Gasteiger partial charge is 0.497 e. The van der Waals surface area contributed by atoms with Gasteiger partial charge >= 0.3 is 5.97 Å². The molecule has 162 valence electrons. The number of rotatable bonds is 5. The average molecular weight is 451 g/mol. The third kappa shape index (κ3) is 4.05. The molecule has 32 heavy (non-hydrogen) atoms. The summed E-state index contributed by atoms with van der Waals surface area (Å²) in [6.07, 6.45) is 1.61. The predicted octanol–water partition coefficient (Wildman–Crippen LogP) is 5.50. The second kappa shape index (κ2) is 8.77. The van der Waals surface area contributed by atoms with E-state index in [9.17, 15) is 9.59 Å². The van der Waals surface area contributed by atoms with Gasteiger partial charge in [0.1, 0.15) is 23.0 Å². The van der Waals surface area contributed by atoms with Crippen LogP contribution in [0.25, 0.3) is 6.08 Å². The lowest BCUT2D eigenvalue weighted by Crippen LogP contribution is -2.09. The topological polar surface area (TPSA) is 71.1 Å². The van der Waals surface area contributed by atoms with Crippen molar-refractivity contribution in [2.45, 2.75) is 6.92 Å². The first kappa shape index (κ1) is 21.5. The minimum absolute atomic E-state index is 0.140. The summed E-state index contributed by atoms with van der Waals surface area (Å²) in [7, 11) is 3.10. The quantitative estimate of drug-likeness (QED) is 0.290. The Labute approximate surface area is 189 Å². The molecule has 0 fully saturated rings. The number of hydrogen-bond acceptors (Lipinski definition) is 6. The zero-order valence-electron chi connectivity index (χ0n) is 17.6. The van der Waals surface area contributed by atoms with Crippen LogP contribution in [0.15, 0.2) is 60.4 Å². The fourth-order valence-corrected chi connectivity index (χ4v) is 3.62. The number of aryl methyl sites for hydroxylation is 1. The fourth-order valence-electron chi connectivity index (χ4n) is 3.40. The monoisotopic (exact) mass is 450 g/mol. The van der Waals surface area contributed by atoms with Crippen molar-refractivity contribution in [3.05, 3.63) is 87.6 Å². The van der Waals surface area contributed by atoms with Crippen LogP contribution in [-0.2, 0) is 0 Å². The maximum atomic E-state index is 13.0. The van der Waals surface area contributed by atoms with Crippen LogP contribution in [0.4, 0.5) is 0 Å². The van der Waals surface area contributed by atoms with Crippen molar-refractivity contribution in [2.75, 3.05) is 14.2 Å². The number of carbonyl (C=O) groups excluding carboxylic acids is 2. The first-order valence-corrected chi connectivity index (χ1v) is 10.1. The Balaban J connectivity index is 1.63. The van der Waals surface area contributed by atoms with E-state index < -0.39 is 5.97 Å². The summed E-state index contributed by atoms with van der Waals surface area (Å²) in [6, 6.07) is 15.0. The molecule has 0 saturated carbocycles. The van der Waals surface area contributed by atoms with E-state index in [-0.39, 0.29) is 22.9 Å². The first-order chi connectivity index (χ1) is 15.4. The lowest BCUT2D eigenvalue weighted by molar-refractivity contribution is 0.0734. The summed E-state index contributed by atoms with van der Waals surface area (Å²) in [5, 5.41) is 0.292. The molecule has 0 bridgehead atoms. The van der Waals surface area contributed by atoms with Crippen molar-refractivity contribution in [1.82, 2.24) is 0 Å². The number of esters is 1. The highest BCUT2D eigenvalue weighted by molar-refractivity contribution is 6.33. The van der Waals surface area contributed by atoms with Gasteiger partial charge in [-0.1, -0.05) is 23.7 Å². The lowest BCUT2D eigenvalue weighted by atomic mass is 10.0. The number of hydrogen-bond donors (Lipinski definition) is 0. The SMILES string of the molecule is COc1ccc(/C=C2\Oc3cc(OC(=O)c4ccccc4Cl)cc(C)c3C2=O)c(OC)c1. The molecule has 3 aromatic carbocycles. The van der Waals surface area contributed by atoms with Crippen LogP contribution in [0.5, 0.6) is 23.0 Å². The van der Waals surface area contributed by atoms with Gasteiger partial charge in [-0.25, -0.2) is 4.79 Å². The van der Waals surface area contributed by atoms with E-state index in [2.05, 4.69) is 0 Å². The Morgan fingerprint density at radius 3 is 2.50 bits per heavy atom. The van der Waals surface area contributed by atoms with Crippen LogP contribution in [-0.4, -0.2) is 26.0 Å². The van der Waals surface area contributed by atoms with Gasteiger partial charge in [-0.05, 0) is 48.9 Å². The average Bonchev–Trinajstić information content (AvgIpc) is 3.09. The number of Topliss-reactive ketones (excluding diaryl/α,β-unsaturated/α-hetero) is 1. The third-order valence-corrected chi connectivity index (χ3v) is 5.30. The molecule has 0 saturated heterocycles. The van der Waals surface area contributed by atoms with Gasteiger partial charge in [0.05, 0.1) is 30.4 Å². The van der Waals surface area contributed by atoms with Gasteiger partial charge in [-0.2, -0.15) is 0 Å². The van der Waals surface area contributed by atoms with Crippen molar-refractivity contribution >= 4 is 29.4 Å². The zero-order valence-corrected chi connectivity index (χ0v) is 18.4. The fraction of sp³-hybridized carbons (Fsp3) is 0.120. The molecule has 0 spiro atoms. The molecule has 0 aliphatic carbocycles. The van der Waals surface area contributed by atoms with Crippen molar-refractivity contribution in [3.8, 4) is 23.0 Å². The molecular weight excluding hydrogens is 432 g/mol. The highest BCUT2D eigenvalue weighted by Crippen LogP contribution is 2.38. The smallest absolute Gasteiger partial charge is 0.345 e. The second-order valence-corrected chi connectivity index (χ2v) is 7.44. The summed E-state index contributed by atoms with van der Waals surface area (Å²) in [5.41, 5.74) is 1.95. The molecule has 1 aliphatic heterocycles. The van der Waals surface area contributed by atoms with Crippen LogP contribution in [0.2, 0.25) is 5.02 Å². The lowest BCUT2D eigenvalue weighted by Gasteiger charge is -2.09. The summed E-state index contributed by atoms with van der Waals surface area (Å²) in [4.78, 5) is 25.4. The number of ketones is 1. The summed E-state index contributed by atoms with van der Waals surface area (Å²) in [5.74, 6) is 1.01. The van der Waals surface area contributed by atoms with Gasteiger partial charge in [-0.15, -0.1) is 0 Å². The maximum Gasteiger partial charge on any atom is 0.345 e. The van der Waals surface area contributed by atoms with E-state index in [1.54, 1.807) is 68.6 Å². The van der Waals surface area contributed by atoms with Gasteiger partial charge in [0.25, 0.3) is 0 Å². The number of benzene rings is 3. The van der Waals surface area contributed by atoms with Crippen LogP contribution >= 0.6 is 11.6 Å². The molecule has 0 unspecified atom stereocenters. The van der Waals surface area contributed by atoms with Gasteiger partial charge in [0, 0.05) is 17.7 Å². The zero-order chi connectivity index (χ0) is 22.8. The van der Waals surface area contributed by atoms with E-state index in [0.717, 1.165) is 0 Å². The van der Waals surface area contributed by atoms with Crippen LogP contribution < -0.4 is 18.9 Å². The molecule has 1 heterocycles.